The van der Waals surface area contributed by atoms with Gasteiger partial charge in [-0.3, -0.25) is 0 Å². The lowest BCUT2D eigenvalue weighted by atomic mass is 9.96. The van der Waals surface area contributed by atoms with Gasteiger partial charge in [0.15, 0.2) is 0 Å². The highest BCUT2D eigenvalue weighted by Gasteiger charge is 2.40. The van der Waals surface area contributed by atoms with Crippen LogP contribution in [0, 0.1) is 11.8 Å². The van der Waals surface area contributed by atoms with E-state index in [-0.39, 0.29) is 6.09 Å². The predicted octanol–water partition coefficient (Wildman–Crippen LogP) is 2.79. The van der Waals surface area contributed by atoms with Gasteiger partial charge in [-0.25, -0.2) is 4.79 Å². The third-order valence-electron chi connectivity index (χ3n) is 5.16. The van der Waals surface area contributed by atoms with E-state index in [1.807, 2.05) is 25.7 Å². The molecule has 0 radical (unpaired) electrons. The van der Waals surface area contributed by atoms with E-state index in [1.165, 1.54) is 12.8 Å². The quantitative estimate of drug-likeness (QED) is 0.864. The maximum absolute atomic E-state index is 12.1. The van der Waals surface area contributed by atoms with E-state index < -0.39 is 5.60 Å². The van der Waals surface area contributed by atoms with E-state index >= 15 is 0 Å². The van der Waals surface area contributed by atoms with Gasteiger partial charge in [-0.15, -0.1) is 0 Å². The van der Waals surface area contributed by atoms with Gasteiger partial charge in [0, 0.05) is 25.7 Å². The molecule has 2 heterocycles. The number of carbonyl (C=O) groups is 1. The Kier molecular flexibility index (Phi) is 5.16. The molecule has 2 atom stereocenters. The Hall–Kier alpha value is -0.810. The highest BCUT2D eigenvalue weighted by Crippen LogP contribution is 2.38. The van der Waals surface area contributed by atoms with Crippen LogP contribution in [0.25, 0.3) is 0 Å². The number of nitrogens with one attached hydrogen (secondary N) is 1. The fraction of sp³-hybridized carbons (Fsp3) is 0.944. The summed E-state index contributed by atoms with van der Waals surface area (Å²) in [5.74, 6) is 1.47. The van der Waals surface area contributed by atoms with Crippen LogP contribution in [0.2, 0.25) is 0 Å². The summed E-state index contributed by atoms with van der Waals surface area (Å²) in [7, 11) is 0. The van der Waals surface area contributed by atoms with Crippen molar-refractivity contribution in [2.24, 2.45) is 11.8 Å². The fourth-order valence-corrected chi connectivity index (χ4v) is 3.68. The summed E-state index contributed by atoms with van der Waals surface area (Å²) in [4.78, 5) is 13.9. The van der Waals surface area contributed by atoms with Gasteiger partial charge in [-0.05, 0) is 71.3 Å². The van der Waals surface area contributed by atoms with Crippen molar-refractivity contribution < 1.29 is 14.3 Å². The molecule has 0 spiro atoms. The van der Waals surface area contributed by atoms with E-state index in [4.69, 9.17) is 9.47 Å². The van der Waals surface area contributed by atoms with Gasteiger partial charge in [0.2, 0.25) is 0 Å². The first-order valence-corrected chi connectivity index (χ1v) is 9.25. The van der Waals surface area contributed by atoms with Crippen LogP contribution in [0.1, 0.15) is 52.9 Å². The van der Waals surface area contributed by atoms with Crippen molar-refractivity contribution in [3.05, 3.63) is 0 Å². The minimum Gasteiger partial charge on any atom is -0.444 e. The summed E-state index contributed by atoms with van der Waals surface area (Å²) in [6.45, 7) is 9.35. The molecule has 3 rings (SSSR count). The summed E-state index contributed by atoms with van der Waals surface area (Å²) in [6.07, 6.45) is 6.26. The molecular formula is C18H32N2O3. The summed E-state index contributed by atoms with van der Waals surface area (Å²) in [5, 5.41) is 3.75. The van der Waals surface area contributed by atoms with Crippen LogP contribution in [0.3, 0.4) is 0 Å². The first-order chi connectivity index (χ1) is 10.9. The van der Waals surface area contributed by atoms with Crippen molar-refractivity contribution in [1.82, 2.24) is 10.2 Å². The number of ether oxygens (including phenoxy) is 2. The Labute approximate surface area is 140 Å². The molecule has 2 aliphatic heterocycles. The van der Waals surface area contributed by atoms with E-state index in [0.717, 1.165) is 51.4 Å². The number of carbonyl (C=O) groups excluding carboxylic acids is 1. The topological polar surface area (TPSA) is 50.8 Å². The SMILES string of the molecule is CC(C)(C)OC(=O)N1CCC(CNC2CCOC2C2CC2)CC1. The molecule has 5 nitrogen and oxygen atoms in total. The average molecular weight is 324 g/mol. The second-order valence-electron chi connectivity index (χ2n) is 8.39. The zero-order chi connectivity index (χ0) is 16.4. The van der Waals surface area contributed by atoms with Crippen molar-refractivity contribution in [3.8, 4) is 0 Å². The summed E-state index contributed by atoms with van der Waals surface area (Å²) >= 11 is 0. The van der Waals surface area contributed by atoms with Crippen LogP contribution < -0.4 is 5.32 Å². The van der Waals surface area contributed by atoms with Gasteiger partial charge in [0.25, 0.3) is 0 Å². The van der Waals surface area contributed by atoms with Crippen LogP contribution in [0.5, 0.6) is 0 Å². The first kappa shape index (κ1) is 17.0. The van der Waals surface area contributed by atoms with E-state index in [0.29, 0.717) is 18.1 Å². The molecule has 0 aromatic carbocycles. The van der Waals surface area contributed by atoms with Gasteiger partial charge in [0.05, 0.1) is 6.10 Å². The molecule has 3 fully saturated rings. The van der Waals surface area contributed by atoms with Crippen LogP contribution in [0.15, 0.2) is 0 Å². The standard InChI is InChI=1S/C18H32N2O3/c1-18(2,3)23-17(21)20-9-6-13(7-10-20)12-19-15-8-11-22-16(15)14-4-5-14/h13-16,19H,4-12H2,1-3H3. The van der Waals surface area contributed by atoms with Gasteiger partial charge < -0.3 is 19.7 Å². The molecule has 0 bridgehead atoms. The molecule has 132 valence electrons. The number of amides is 1. The third-order valence-corrected chi connectivity index (χ3v) is 5.16. The second-order valence-corrected chi connectivity index (χ2v) is 8.39. The van der Waals surface area contributed by atoms with Crippen molar-refractivity contribution >= 4 is 6.09 Å². The largest absolute Gasteiger partial charge is 0.444 e. The van der Waals surface area contributed by atoms with Crippen LogP contribution in [-0.2, 0) is 9.47 Å². The average Bonchev–Trinajstić information content (AvgIpc) is 3.22. The lowest BCUT2D eigenvalue weighted by Crippen LogP contribution is -2.45. The first-order valence-electron chi connectivity index (χ1n) is 9.25. The number of hydrogen-bond donors (Lipinski definition) is 1. The minimum atomic E-state index is -0.407. The molecule has 1 aliphatic carbocycles. The number of likely N-dealkylation sites (tertiary alicyclic amines) is 1. The summed E-state index contributed by atoms with van der Waals surface area (Å²) in [6, 6.07) is 0.548. The normalized spacial score (nSPS) is 29.8. The van der Waals surface area contributed by atoms with Crippen molar-refractivity contribution in [1.29, 1.82) is 0 Å². The number of nitrogens with zero attached hydrogens (tertiary/aromatic N) is 1. The number of rotatable bonds is 4. The lowest BCUT2D eigenvalue weighted by Gasteiger charge is -2.34. The highest BCUT2D eigenvalue weighted by molar-refractivity contribution is 5.68. The maximum atomic E-state index is 12.1. The Morgan fingerprint density at radius 3 is 2.48 bits per heavy atom. The van der Waals surface area contributed by atoms with Crippen LogP contribution in [0.4, 0.5) is 4.79 Å². The van der Waals surface area contributed by atoms with Crippen molar-refractivity contribution in [2.75, 3.05) is 26.2 Å². The van der Waals surface area contributed by atoms with Crippen LogP contribution >= 0.6 is 0 Å². The smallest absolute Gasteiger partial charge is 0.410 e. The highest BCUT2D eigenvalue weighted by atomic mass is 16.6. The van der Waals surface area contributed by atoms with E-state index in [1.54, 1.807) is 0 Å². The maximum Gasteiger partial charge on any atom is 0.410 e. The zero-order valence-electron chi connectivity index (χ0n) is 14.8. The van der Waals surface area contributed by atoms with E-state index in [2.05, 4.69) is 5.32 Å². The lowest BCUT2D eigenvalue weighted by molar-refractivity contribution is 0.0181. The molecule has 0 aromatic heterocycles. The fourth-order valence-electron chi connectivity index (χ4n) is 3.68. The molecule has 23 heavy (non-hydrogen) atoms. The second kappa shape index (κ2) is 6.98. The molecule has 0 aromatic rings. The number of hydrogen-bond acceptors (Lipinski definition) is 4. The molecule has 2 unspecified atom stereocenters. The van der Waals surface area contributed by atoms with Crippen molar-refractivity contribution in [3.63, 3.8) is 0 Å². The monoisotopic (exact) mass is 324 g/mol. The molecular weight excluding hydrogens is 292 g/mol. The molecule has 1 saturated carbocycles. The van der Waals surface area contributed by atoms with Gasteiger partial charge in [-0.1, -0.05) is 0 Å². The van der Waals surface area contributed by atoms with Gasteiger partial charge in [-0.2, -0.15) is 0 Å². The van der Waals surface area contributed by atoms with Gasteiger partial charge in [0.1, 0.15) is 5.60 Å². The Morgan fingerprint density at radius 1 is 1.17 bits per heavy atom. The van der Waals surface area contributed by atoms with E-state index in [9.17, 15) is 4.79 Å². The molecule has 1 amide bonds. The zero-order valence-corrected chi connectivity index (χ0v) is 14.8. The Bertz CT molecular complexity index is 409. The predicted molar refractivity (Wildman–Crippen MR) is 89.4 cm³/mol. The Balaban J connectivity index is 1.37. The minimum absolute atomic E-state index is 0.165. The third kappa shape index (κ3) is 4.83. The number of piperidine rings is 1. The molecule has 1 N–H and O–H groups in total. The molecule has 2 saturated heterocycles. The summed E-state index contributed by atoms with van der Waals surface area (Å²) in [5.41, 5.74) is -0.407. The molecule has 3 aliphatic rings. The summed E-state index contributed by atoms with van der Waals surface area (Å²) < 4.78 is 11.3. The molecule has 5 heteroatoms. The van der Waals surface area contributed by atoms with Gasteiger partial charge >= 0.3 is 6.09 Å². The van der Waals surface area contributed by atoms with Crippen molar-refractivity contribution in [2.45, 2.75) is 70.6 Å². The Morgan fingerprint density at radius 2 is 1.87 bits per heavy atom. The van der Waals surface area contributed by atoms with Crippen LogP contribution in [-0.4, -0.2) is 55.0 Å².